The van der Waals surface area contributed by atoms with Gasteiger partial charge in [0.25, 0.3) is 5.91 Å². The highest BCUT2D eigenvalue weighted by molar-refractivity contribution is 7.90. The van der Waals surface area contributed by atoms with Crippen LogP contribution in [0.25, 0.3) is 10.9 Å². The van der Waals surface area contributed by atoms with Gasteiger partial charge in [-0.05, 0) is 53.6 Å². The summed E-state index contributed by atoms with van der Waals surface area (Å²) in [7, 11) is -3.39. The number of carbonyl (C=O) groups is 1. The molecule has 3 aromatic carbocycles. The minimum atomic E-state index is -3.39. The predicted octanol–water partition coefficient (Wildman–Crippen LogP) is 4.74. The van der Waals surface area contributed by atoms with Gasteiger partial charge >= 0.3 is 0 Å². The molecule has 0 saturated carbocycles. The maximum atomic E-state index is 13.2. The van der Waals surface area contributed by atoms with Gasteiger partial charge in [0.1, 0.15) is 0 Å². The number of benzene rings is 3. The van der Waals surface area contributed by atoms with Crippen LogP contribution in [0.3, 0.4) is 0 Å². The van der Waals surface area contributed by atoms with Gasteiger partial charge in [-0.25, -0.2) is 8.42 Å². The number of fused-ring (bicyclic) bond motifs is 1. The van der Waals surface area contributed by atoms with Crippen molar-refractivity contribution in [2.24, 2.45) is 0 Å². The highest BCUT2D eigenvalue weighted by Gasteiger charge is 2.21. The van der Waals surface area contributed by atoms with Gasteiger partial charge in [-0.3, -0.25) is 4.79 Å². The molecule has 0 spiro atoms. The maximum Gasteiger partial charge on any atom is 0.252 e. The average Bonchev–Trinajstić information content (AvgIpc) is 3.21. The van der Waals surface area contributed by atoms with Gasteiger partial charge in [-0.2, -0.15) is 0 Å². The molecule has 4 aromatic rings. The van der Waals surface area contributed by atoms with E-state index in [1.165, 1.54) is 0 Å². The number of halogens is 1. The van der Waals surface area contributed by atoms with Crippen LogP contribution >= 0.6 is 11.6 Å². The Kier molecular flexibility index (Phi) is 5.37. The molecule has 0 radical (unpaired) electrons. The van der Waals surface area contributed by atoms with Crippen LogP contribution in [0.5, 0.6) is 0 Å². The monoisotopic (exact) mass is 438 g/mol. The Balaban J connectivity index is 1.77. The lowest BCUT2D eigenvalue weighted by molar-refractivity contribution is 0.0944. The number of hydrogen-bond donors (Lipinski definition) is 2. The lowest BCUT2D eigenvalue weighted by atomic mass is 9.98. The van der Waals surface area contributed by atoms with E-state index in [4.69, 9.17) is 11.6 Å². The number of carbonyl (C=O) groups excluding carboxylic acids is 1. The fourth-order valence-electron chi connectivity index (χ4n) is 3.43. The molecule has 0 bridgehead atoms. The standard InChI is InChI=1S/C23H19ClN2O3S/c1-30(28,29)18-5-2-4-16(14-18)22(15-8-10-17(24)11-9-15)26-23(27)20-6-3-7-21-19(20)12-13-25-21/h2-14,22,25H,1H3,(H,26,27). The van der Waals surface area contributed by atoms with Crippen LogP contribution in [0.1, 0.15) is 27.5 Å². The van der Waals surface area contributed by atoms with Crippen LogP contribution in [-0.4, -0.2) is 25.6 Å². The Morgan fingerprint density at radius 1 is 0.967 bits per heavy atom. The van der Waals surface area contributed by atoms with Crippen molar-refractivity contribution in [3.63, 3.8) is 0 Å². The van der Waals surface area contributed by atoms with Crippen molar-refractivity contribution in [3.8, 4) is 0 Å². The molecule has 5 nitrogen and oxygen atoms in total. The van der Waals surface area contributed by atoms with E-state index < -0.39 is 15.9 Å². The molecule has 1 heterocycles. The van der Waals surface area contributed by atoms with Gasteiger partial charge < -0.3 is 10.3 Å². The number of rotatable bonds is 5. The third kappa shape index (κ3) is 4.10. The van der Waals surface area contributed by atoms with Crippen molar-refractivity contribution in [1.29, 1.82) is 0 Å². The first-order valence-electron chi connectivity index (χ1n) is 9.25. The number of nitrogens with one attached hydrogen (secondary N) is 2. The molecule has 0 saturated heterocycles. The fourth-order valence-corrected chi connectivity index (χ4v) is 4.23. The summed E-state index contributed by atoms with van der Waals surface area (Å²) in [6, 6.07) is 20.5. The fraction of sp³-hybridized carbons (Fsp3) is 0.0870. The summed E-state index contributed by atoms with van der Waals surface area (Å²) in [5, 5.41) is 4.44. The Labute approximate surface area is 179 Å². The van der Waals surface area contributed by atoms with Crippen molar-refractivity contribution in [3.05, 3.63) is 101 Å². The largest absolute Gasteiger partial charge is 0.361 e. The Morgan fingerprint density at radius 2 is 1.70 bits per heavy atom. The summed E-state index contributed by atoms with van der Waals surface area (Å²) >= 11 is 6.03. The second-order valence-electron chi connectivity index (χ2n) is 7.05. The van der Waals surface area contributed by atoms with Crippen molar-refractivity contribution >= 4 is 38.2 Å². The van der Waals surface area contributed by atoms with Gasteiger partial charge in [-0.15, -0.1) is 0 Å². The first-order valence-corrected chi connectivity index (χ1v) is 11.5. The summed E-state index contributed by atoms with van der Waals surface area (Å²) in [5.41, 5.74) is 2.85. The van der Waals surface area contributed by atoms with E-state index in [2.05, 4.69) is 10.3 Å². The van der Waals surface area contributed by atoms with E-state index in [-0.39, 0.29) is 10.8 Å². The zero-order chi connectivity index (χ0) is 21.3. The number of aromatic amines is 1. The summed E-state index contributed by atoms with van der Waals surface area (Å²) in [5.74, 6) is -0.259. The van der Waals surface area contributed by atoms with Crippen LogP contribution in [0, 0.1) is 0 Å². The van der Waals surface area contributed by atoms with Gasteiger partial charge in [-0.1, -0.05) is 41.9 Å². The van der Waals surface area contributed by atoms with E-state index in [0.717, 1.165) is 22.7 Å². The molecule has 1 amide bonds. The van der Waals surface area contributed by atoms with E-state index in [9.17, 15) is 13.2 Å². The van der Waals surface area contributed by atoms with Crippen LogP contribution in [0.4, 0.5) is 0 Å². The topological polar surface area (TPSA) is 79.0 Å². The molecule has 0 aliphatic heterocycles. The summed E-state index contributed by atoms with van der Waals surface area (Å²) in [6.07, 6.45) is 2.95. The lowest BCUT2D eigenvalue weighted by Crippen LogP contribution is -2.29. The first kappa shape index (κ1) is 20.2. The number of sulfone groups is 1. The maximum absolute atomic E-state index is 13.2. The van der Waals surface area contributed by atoms with E-state index >= 15 is 0 Å². The number of amides is 1. The molecule has 152 valence electrons. The van der Waals surface area contributed by atoms with Gasteiger partial charge in [0.05, 0.1) is 10.9 Å². The van der Waals surface area contributed by atoms with Crippen LogP contribution < -0.4 is 5.32 Å². The zero-order valence-electron chi connectivity index (χ0n) is 16.1. The SMILES string of the molecule is CS(=O)(=O)c1cccc(C(NC(=O)c2cccc3[nH]ccc23)c2ccc(Cl)cc2)c1. The van der Waals surface area contributed by atoms with Crippen molar-refractivity contribution in [2.45, 2.75) is 10.9 Å². The predicted molar refractivity (Wildman–Crippen MR) is 119 cm³/mol. The Bertz CT molecular complexity index is 1330. The molecule has 7 heteroatoms. The molecular formula is C23H19ClN2O3S. The number of aromatic nitrogens is 1. The molecule has 0 fully saturated rings. The Hall–Kier alpha value is -3.09. The Morgan fingerprint density at radius 3 is 2.43 bits per heavy atom. The molecular weight excluding hydrogens is 420 g/mol. The molecule has 1 aromatic heterocycles. The second kappa shape index (κ2) is 7.97. The smallest absolute Gasteiger partial charge is 0.252 e. The van der Waals surface area contributed by atoms with Crippen molar-refractivity contribution < 1.29 is 13.2 Å². The van der Waals surface area contributed by atoms with E-state index in [0.29, 0.717) is 16.1 Å². The van der Waals surface area contributed by atoms with Gasteiger partial charge in [0.15, 0.2) is 9.84 Å². The van der Waals surface area contributed by atoms with Crippen LogP contribution in [0.2, 0.25) is 5.02 Å². The van der Waals surface area contributed by atoms with E-state index in [1.54, 1.807) is 48.7 Å². The molecule has 2 N–H and O–H groups in total. The van der Waals surface area contributed by atoms with Crippen LogP contribution in [-0.2, 0) is 9.84 Å². The highest BCUT2D eigenvalue weighted by atomic mass is 35.5. The summed E-state index contributed by atoms with van der Waals surface area (Å²) < 4.78 is 24.1. The minimum Gasteiger partial charge on any atom is -0.361 e. The van der Waals surface area contributed by atoms with Crippen molar-refractivity contribution in [1.82, 2.24) is 10.3 Å². The van der Waals surface area contributed by atoms with E-state index in [1.807, 2.05) is 30.3 Å². The number of hydrogen-bond acceptors (Lipinski definition) is 3. The normalized spacial score (nSPS) is 12.6. The van der Waals surface area contributed by atoms with Crippen molar-refractivity contribution in [2.75, 3.05) is 6.26 Å². The third-order valence-electron chi connectivity index (χ3n) is 4.94. The molecule has 30 heavy (non-hydrogen) atoms. The highest BCUT2D eigenvalue weighted by Crippen LogP contribution is 2.27. The minimum absolute atomic E-state index is 0.195. The third-order valence-corrected chi connectivity index (χ3v) is 6.30. The molecule has 1 atom stereocenters. The van der Waals surface area contributed by atoms with Gasteiger partial charge in [0, 0.05) is 33.9 Å². The second-order valence-corrected chi connectivity index (χ2v) is 9.50. The zero-order valence-corrected chi connectivity index (χ0v) is 17.7. The first-order chi connectivity index (χ1) is 14.3. The van der Waals surface area contributed by atoms with Gasteiger partial charge in [0.2, 0.25) is 0 Å². The molecule has 0 aliphatic rings. The summed E-state index contributed by atoms with van der Waals surface area (Å²) in [6.45, 7) is 0. The van der Waals surface area contributed by atoms with Crippen LogP contribution in [0.15, 0.2) is 83.9 Å². The summed E-state index contributed by atoms with van der Waals surface area (Å²) in [4.78, 5) is 16.5. The quantitative estimate of drug-likeness (QED) is 0.472. The average molecular weight is 439 g/mol. The number of H-pyrrole nitrogens is 1. The molecule has 1 unspecified atom stereocenters. The molecule has 0 aliphatic carbocycles. The molecule has 4 rings (SSSR count). The lowest BCUT2D eigenvalue weighted by Gasteiger charge is -2.21.